The molecule has 0 aliphatic heterocycles. The molecule has 0 unspecified atom stereocenters. The van der Waals surface area contributed by atoms with Crippen molar-refractivity contribution in [2.45, 2.75) is 13.8 Å². The minimum absolute atomic E-state index is 0.235. The SMILES string of the molecule is CCOc1ccc(C(=O)N(C)OC)cc1OCC. The summed E-state index contributed by atoms with van der Waals surface area (Å²) in [5.74, 6) is 0.965. The van der Waals surface area contributed by atoms with Gasteiger partial charge < -0.3 is 9.47 Å². The fourth-order valence-electron chi connectivity index (χ4n) is 1.45. The third-order valence-electron chi connectivity index (χ3n) is 2.35. The summed E-state index contributed by atoms with van der Waals surface area (Å²) in [7, 11) is 3.00. The molecule has 0 aromatic heterocycles. The second-order valence-corrected chi connectivity index (χ2v) is 3.51. The Labute approximate surface area is 107 Å². The van der Waals surface area contributed by atoms with E-state index in [0.29, 0.717) is 30.3 Å². The maximum atomic E-state index is 11.9. The van der Waals surface area contributed by atoms with E-state index in [0.717, 1.165) is 5.06 Å². The van der Waals surface area contributed by atoms with Crippen molar-refractivity contribution in [1.29, 1.82) is 0 Å². The lowest BCUT2D eigenvalue weighted by molar-refractivity contribution is -0.0757. The number of hydrogen-bond acceptors (Lipinski definition) is 4. The monoisotopic (exact) mass is 253 g/mol. The molecule has 18 heavy (non-hydrogen) atoms. The molecule has 5 heteroatoms. The smallest absolute Gasteiger partial charge is 0.277 e. The van der Waals surface area contributed by atoms with Crippen LogP contribution >= 0.6 is 0 Å². The summed E-state index contributed by atoms with van der Waals surface area (Å²) >= 11 is 0. The van der Waals surface area contributed by atoms with Crippen molar-refractivity contribution in [3.05, 3.63) is 23.8 Å². The fourth-order valence-corrected chi connectivity index (χ4v) is 1.45. The van der Waals surface area contributed by atoms with Gasteiger partial charge in [0.25, 0.3) is 5.91 Å². The zero-order valence-electron chi connectivity index (χ0n) is 11.2. The van der Waals surface area contributed by atoms with Gasteiger partial charge in [-0.2, -0.15) is 0 Å². The summed E-state index contributed by atoms with van der Waals surface area (Å²) in [5.41, 5.74) is 0.492. The molecule has 0 spiro atoms. The van der Waals surface area contributed by atoms with Gasteiger partial charge >= 0.3 is 0 Å². The van der Waals surface area contributed by atoms with E-state index in [9.17, 15) is 4.79 Å². The highest BCUT2D eigenvalue weighted by molar-refractivity contribution is 5.94. The van der Waals surface area contributed by atoms with Gasteiger partial charge in [-0.05, 0) is 32.0 Å². The lowest BCUT2D eigenvalue weighted by atomic mass is 10.2. The fraction of sp³-hybridized carbons (Fsp3) is 0.462. The average Bonchev–Trinajstić information content (AvgIpc) is 2.39. The van der Waals surface area contributed by atoms with Crippen LogP contribution in [0.2, 0.25) is 0 Å². The van der Waals surface area contributed by atoms with Crippen molar-refractivity contribution in [2.75, 3.05) is 27.4 Å². The van der Waals surface area contributed by atoms with Crippen LogP contribution in [0.1, 0.15) is 24.2 Å². The third kappa shape index (κ3) is 3.37. The lowest BCUT2D eigenvalue weighted by Gasteiger charge is -2.16. The van der Waals surface area contributed by atoms with Crippen LogP contribution in [0, 0.1) is 0 Å². The molecule has 0 atom stereocenters. The number of benzene rings is 1. The van der Waals surface area contributed by atoms with Crippen LogP contribution in [0.4, 0.5) is 0 Å². The first-order valence-electron chi connectivity index (χ1n) is 5.85. The molecule has 1 aromatic rings. The first-order valence-corrected chi connectivity index (χ1v) is 5.85. The summed E-state index contributed by atoms with van der Waals surface area (Å²) in [6, 6.07) is 5.07. The van der Waals surface area contributed by atoms with E-state index in [1.54, 1.807) is 25.2 Å². The Morgan fingerprint density at radius 2 is 1.78 bits per heavy atom. The molecular formula is C13H19NO4. The van der Waals surface area contributed by atoms with Gasteiger partial charge in [0.2, 0.25) is 0 Å². The Hall–Kier alpha value is -1.75. The van der Waals surface area contributed by atoms with E-state index in [1.807, 2.05) is 13.8 Å². The van der Waals surface area contributed by atoms with Crippen molar-refractivity contribution in [3.8, 4) is 11.5 Å². The maximum Gasteiger partial charge on any atom is 0.277 e. The zero-order chi connectivity index (χ0) is 13.5. The van der Waals surface area contributed by atoms with Gasteiger partial charge in [-0.1, -0.05) is 0 Å². The molecule has 0 saturated carbocycles. The Balaban J connectivity index is 3.02. The summed E-state index contributed by atoms with van der Waals surface area (Å²) in [6.45, 7) is 4.84. The van der Waals surface area contributed by atoms with Crippen LogP contribution in [-0.4, -0.2) is 38.3 Å². The standard InChI is InChI=1S/C13H19NO4/c1-5-17-11-8-7-10(9-12(11)18-6-2)13(15)14(3)16-4/h7-9H,5-6H2,1-4H3. The van der Waals surface area contributed by atoms with Crippen LogP contribution in [0.5, 0.6) is 11.5 Å². The van der Waals surface area contributed by atoms with Crippen molar-refractivity contribution in [2.24, 2.45) is 0 Å². The van der Waals surface area contributed by atoms with Crippen LogP contribution in [-0.2, 0) is 4.84 Å². The van der Waals surface area contributed by atoms with Gasteiger partial charge in [-0.3, -0.25) is 9.63 Å². The van der Waals surface area contributed by atoms with Crippen LogP contribution in [0.25, 0.3) is 0 Å². The number of carbonyl (C=O) groups excluding carboxylic acids is 1. The normalized spacial score (nSPS) is 10.0. The van der Waals surface area contributed by atoms with E-state index in [4.69, 9.17) is 14.3 Å². The van der Waals surface area contributed by atoms with E-state index in [-0.39, 0.29) is 5.91 Å². The number of amides is 1. The highest BCUT2D eigenvalue weighted by atomic mass is 16.7. The Bertz CT molecular complexity index is 406. The maximum absolute atomic E-state index is 11.9. The van der Waals surface area contributed by atoms with Crippen molar-refractivity contribution < 1.29 is 19.1 Å². The van der Waals surface area contributed by atoms with Gasteiger partial charge in [0.05, 0.1) is 20.3 Å². The van der Waals surface area contributed by atoms with Gasteiger partial charge in [0, 0.05) is 12.6 Å². The Kier molecular flexibility index (Phi) is 5.45. The number of hydrogen-bond donors (Lipinski definition) is 0. The molecule has 1 aromatic carbocycles. The van der Waals surface area contributed by atoms with E-state index < -0.39 is 0 Å². The number of hydroxylamine groups is 2. The number of rotatable bonds is 6. The van der Waals surface area contributed by atoms with Crippen molar-refractivity contribution in [3.63, 3.8) is 0 Å². The van der Waals surface area contributed by atoms with Crippen LogP contribution in [0.15, 0.2) is 18.2 Å². The number of ether oxygens (including phenoxy) is 2. The molecule has 0 heterocycles. The van der Waals surface area contributed by atoms with Gasteiger partial charge in [-0.15, -0.1) is 0 Å². The van der Waals surface area contributed by atoms with Crippen LogP contribution < -0.4 is 9.47 Å². The topological polar surface area (TPSA) is 48.0 Å². The quantitative estimate of drug-likeness (QED) is 0.729. The lowest BCUT2D eigenvalue weighted by Crippen LogP contribution is -2.25. The summed E-state index contributed by atoms with van der Waals surface area (Å²) in [4.78, 5) is 16.8. The highest BCUT2D eigenvalue weighted by Gasteiger charge is 2.14. The predicted molar refractivity (Wildman–Crippen MR) is 67.9 cm³/mol. The first kappa shape index (κ1) is 14.3. The molecule has 0 aliphatic carbocycles. The molecule has 5 nitrogen and oxygen atoms in total. The molecule has 0 aliphatic rings. The molecule has 0 bridgehead atoms. The zero-order valence-corrected chi connectivity index (χ0v) is 11.2. The van der Waals surface area contributed by atoms with Gasteiger partial charge in [0.15, 0.2) is 11.5 Å². The molecule has 1 rings (SSSR count). The Morgan fingerprint density at radius 1 is 1.17 bits per heavy atom. The third-order valence-corrected chi connectivity index (χ3v) is 2.35. The van der Waals surface area contributed by atoms with E-state index in [2.05, 4.69) is 0 Å². The predicted octanol–water partition coefficient (Wildman–Crippen LogP) is 2.12. The second-order valence-electron chi connectivity index (χ2n) is 3.51. The Morgan fingerprint density at radius 3 is 2.33 bits per heavy atom. The molecule has 100 valence electrons. The summed E-state index contributed by atoms with van der Waals surface area (Å²) in [5, 5.41) is 1.16. The van der Waals surface area contributed by atoms with E-state index in [1.165, 1.54) is 7.11 Å². The second kappa shape index (κ2) is 6.86. The minimum Gasteiger partial charge on any atom is -0.490 e. The van der Waals surface area contributed by atoms with E-state index >= 15 is 0 Å². The van der Waals surface area contributed by atoms with Gasteiger partial charge in [0.1, 0.15) is 0 Å². The number of nitrogens with zero attached hydrogens (tertiary/aromatic N) is 1. The minimum atomic E-state index is -0.235. The van der Waals surface area contributed by atoms with Gasteiger partial charge in [-0.25, -0.2) is 5.06 Å². The number of carbonyl (C=O) groups is 1. The van der Waals surface area contributed by atoms with Crippen molar-refractivity contribution >= 4 is 5.91 Å². The van der Waals surface area contributed by atoms with Crippen LogP contribution in [0.3, 0.4) is 0 Å². The highest BCUT2D eigenvalue weighted by Crippen LogP contribution is 2.28. The summed E-state index contributed by atoms with van der Waals surface area (Å²) in [6.07, 6.45) is 0. The first-order chi connectivity index (χ1) is 8.63. The molecule has 0 saturated heterocycles. The summed E-state index contributed by atoms with van der Waals surface area (Å²) < 4.78 is 10.9. The molecular weight excluding hydrogens is 234 g/mol. The largest absolute Gasteiger partial charge is 0.490 e. The molecule has 1 amide bonds. The average molecular weight is 253 g/mol. The molecule has 0 radical (unpaired) electrons. The molecule has 0 fully saturated rings. The molecule has 0 N–H and O–H groups in total. The van der Waals surface area contributed by atoms with Crippen molar-refractivity contribution in [1.82, 2.24) is 5.06 Å².